The molecule has 0 amide bonds. The zero-order chi connectivity index (χ0) is 9.52. The Bertz CT molecular complexity index is 283. The standard InChI is InChI=1S/C10H15N3/c1-3-5-6-11-7-10-8-12-13(4-2)9-10/h1,8-9,11H,4-7H2,2H3. The van der Waals surface area contributed by atoms with Gasteiger partial charge in [0.2, 0.25) is 0 Å². The molecule has 0 atom stereocenters. The van der Waals surface area contributed by atoms with Gasteiger partial charge in [0.05, 0.1) is 6.20 Å². The number of hydrogen-bond acceptors (Lipinski definition) is 2. The predicted octanol–water partition coefficient (Wildman–Crippen LogP) is 1.02. The van der Waals surface area contributed by atoms with E-state index in [-0.39, 0.29) is 0 Å². The predicted molar refractivity (Wildman–Crippen MR) is 53.1 cm³/mol. The van der Waals surface area contributed by atoms with Gasteiger partial charge in [0, 0.05) is 37.8 Å². The third-order valence-corrected chi connectivity index (χ3v) is 1.79. The molecule has 0 aromatic carbocycles. The van der Waals surface area contributed by atoms with E-state index in [1.54, 1.807) is 0 Å². The number of aryl methyl sites for hydroxylation is 1. The molecule has 70 valence electrons. The second-order valence-electron chi connectivity index (χ2n) is 2.84. The molecule has 1 heterocycles. The summed E-state index contributed by atoms with van der Waals surface area (Å²) in [4.78, 5) is 0. The molecule has 0 bridgehead atoms. The van der Waals surface area contributed by atoms with Crippen molar-refractivity contribution in [3.8, 4) is 12.3 Å². The summed E-state index contributed by atoms with van der Waals surface area (Å²) >= 11 is 0. The Labute approximate surface area is 79.1 Å². The average Bonchev–Trinajstić information content (AvgIpc) is 2.60. The van der Waals surface area contributed by atoms with Crippen LogP contribution < -0.4 is 5.32 Å². The van der Waals surface area contributed by atoms with Gasteiger partial charge in [-0.05, 0) is 6.92 Å². The fraction of sp³-hybridized carbons (Fsp3) is 0.500. The maximum absolute atomic E-state index is 5.13. The number of terminal acetylenes is 1. The lowest BCUT2D eigenvalue weighted by Gasteiger charge is -1.98. The van der Waals surface area contributed by atoms with Crippen molar-refractivity contribution in [2.24, 2.45) is 0 Å². The minimum Gasteiger partial charge on any atom is -0.312 e. The molecule has 0 saturated heterocycles. The van der Waals surface area contributed by atoms with Crippen LogP contribution in [0.4, 0.5) is 0 Å². The molecule has 0 aliphatic carbocycles. The van der Waals surface area contributed by atoms with Gasteiger partial charge in [-0.1, -0.05) is 0 Å². The highest BCUT2D eigenvalue weighted by Crippen LogP contribution is 1.96. The first-order valence-electron chi connectivity index (χ1n) is 4.52. The molecule has 0 aliphatic heterocycles. The molecule has 1 N–H and O–H groups in total. The van der Waals surface area contributed by atoms with Gasteiger partial charge < -0.3 is 5.32 Å². The summed E-state index contributed by atoms with van der Waals surface area (Å²) in [5.41, 5.74) is 1.21. The van der Waals surface area contributed by atoms with Crippen molar-refractivity contribution in [1.29, 1.82) is 0 Å². The van der Waals surface area contributed by atoms with E-state index in [0.29, 0.717) is 0 Å². The van der Waals surface area contributed by atoms with Gasteiger partial charge >= 0.3 is 0 Å². The Kier molecular flexibility index (Phi) is 4.07. The molecule has 0 fully saturated rings. The molecule has 1 rings (SSSR count). The van der Waals surface area contributed by atoms with E-state index in [4.69, 9.17) is 6.42 Å². The molecule has 0 spiro atoms. The highest BCUT2D eigenvalue weighted by atomic mass is 15.3. The number of nitrogens with one attached hydrogen (secondary N) is 1. The Balaban J connectivity index is 2.25. The van der Waals surface area contributed by atoms with Gasteiger partial charge in [-0.3, -0.25) is 4.68 Å². The van der Waals surface area contributed by atoms with Crippen LogP contribution in [-0.4, -0.2) is 16.3 Å². The second kappa shape index (κ2) is 5.39. The van der Waals surface area contributed by atoms with Crippen LogP contribution in [0.3, 0.4) is 0 Å². The topological polar surface area (TPSA) is 29.9 Å². The molecular weight excluding hydrogens is 162 g/mol. The van der Waals surface area contributed by atoms with Gasteiger partial charge in [-0.2, -0.15) is 5.10 Å². The summed E-state index contributed by atoms with van der Waals surface area (Å²) in [5, 5.41) is 7.41. The van der Waals surface area contributed by atoms with Crippen molar-refractivity contribution in [2.45, 2.75) is 26.4 Å². The maximum atomic E-state index is 5.13. The zero-order valence-electron chi connectivity index (χ0n) is 7.95. The van der Waals surface area contributed by atoms with Crippen LogP contribution in [0.2, 0.25) is 0 Å². The second-order valence-corrected chi connectivity index (χ2v) is 2.84. The SMILES string of the molecule is C#CCCNCc1cnn(CC)c1. The molecule has 3 nitrogen and oxygen atoms in total. The molecule has 1 aromatic heterocycles. The van der Waals surface area contributed by atoms with Gasteiger partial charge in [-0.25, -0.2) is 0 Å². The largest absolute Gasteiger partial charge is 0.312 e. The van der Waals surface area contributed by atoms with E-state index in [0.717, 1.165) is 26.1 Å². The monoisotopic (exact) mass is 177 g/mol. The van der Waals surface area contributed by atoms with Crippen molar-refractivity contribution in [3.63, 3.8) is 0 Å². The van der Waals surface area contributed by atoms with Crippen LogP contribution in [0.1, 0.15) is 18.9 Å². The van der Waals surface area contributed by atoms with E-state index in [9.17, 15) is 0 Å². The van der Waals surface area contributed by atoms with Crippen molar-refractivity contribution in [3.05, 3.63) is 18.0 Å². The van der Waals surface area contributed by atoms with Crippen molar-refractivity contribution in [1.82, 2.24) is 15.1 Å². The average molecular weight is 177 g/mol. The fourth-order valence-electron chi connectivity index (χ4n) is 1.06. The van der Waals surface area contributed by atoms with E-state index in [2.05, 4.69) is 23.3 Å². The molecule has 1 aromatic rings. The zero-order valence-corrected chi connectivity index (χ0v) is 7.95. The van der Waals surface area contributed by atoms with E-state index in [1.807, 2.05) is 17.1 Å². The Hall–Kier alpha value is -1.27. The number of hydrogen-bond donors (Lipinski definition) is 1. The quantitative estimate of drug-likeness (QED) is 0.537. The van der Waals surface area contributed by atoms with E-state index in [1.165, 1.54) is 5.56 Å². The van der Waals surface area contributed by atoms with Gasteiger partial charge in [0.1, 0.15) is 0 Å². The number of rotatable bonds is 5. The Morgan fingerprint density at radius 1 is 1.69 bits per heavy atom. The highest BCUT2D eigenvalue weighted by molar-refractivity contribution is 5.03. The summed E-state index contributed by atoms with van der Waals surface area (Å²) in [6.07, 6.45) is 9.83. The summed E-state index contributed by atoms with van der Waals surface area (Å²) in [5.74, 6) is 2.59. The number of aromatic nitrogens is 2. The third-order valence-electron chi connectivity index (χ3n) is 1.79. The highest BCUT2D eigenvalue weighted by Gasteiger charge is 1.95. The fourth-order valence-corrected chi connectivity index (χ4v) is 1.06. The third kappa shape index (κ3) is 3.30. The molecule has 0 aliphatic rings. The molecular formula is C10H15N3. The minimum atomic E-state index is 0.780. The first kappa shape index (κ1) is 9.82. The van der Waals surface area contributed by atoms with Crippen LogP contribution in [0.25, 0.3) is 0 Å². The number of nitrogens with zero attached hydrogens (tertiary/aromatic N) is 2. The molecule has 3 heteroatoms. The van der Waals surface area contributed by atoms with E-state index >= 15 is 0 Å². The van der Waals surface area contributed by atoms with Crippen molar-refractivity contribution >= 4 is 0 Å². The van der Waals surface area contributed by atoms with Crippen LogP contribution in [0.15, 0.2) is 12.4 Å². The summed E-state index contributed by atoms with van der Waals surface area (Å²) in [6, 6.07) is 0. The van der Waals surface area contributed by atoms with Crippen molar-refractivity contribution in [2.75, 3.05) is 6.54 Å². The van der Waals surface area contributed by atoms with Crippen LogP contribution in [0.5, 0.6) is 0 Å². The normalized spacial score (nSPS) is 9.85. The molecule has 0 unspecified atom stereocenters. The first-order chi connectivity index (χ1) is 6.36. The first-order valence-corrected chi connectivity index (χ1v) is 4.52. The lowest BCUT2D eigenvalue weighted by atomic mass is 10.3. The van der Waals surface area contributed by atoms with Gasteiger partial charge in [0.25, 0.3) is 0 Å². The smallest absolute Gasteiger partial charge is 0.0534 e. The summed E-state index contributed by atoms with van der Waals surface area (Å²) in [6.45, 7) is 4.71. The molecule has 0 radical (unpaired) electrons. The lowest BCUT2D eigenvalue weighted by molar-refractivity contribution is 0.656. The van der Waals surface area contributed by atoms with E-state index < -0.39 is 0 Å². The summed E-state index contributed by atoms with van der Waals surface area (Å²) < 4.78 is 1.91. The Morgan fingerprint density at radius 2 is 2.54 bits per heavy atom. The minimum absolute atomic E-state index is 0.780. The van der Waals surface area contributed by atoms with Crippen LogP contribution in [0, 0.1) is 12.3 Å². The van der Waals surface area contributed by atoms with Gasteiger partial charge in [0.15, 0.2) is 0 Å². The summed E-state index contributed by atoms with van der Waals surface area (Å²) in [7, 11) is 0. The molecule has 0 saturated carbocycles. The van der Waals surface area contributed by atoms with Gasteiger partial charge in [-0.15, -0.1) is 12.3 Å². The Morgan fingerprint density at radius 3 is 3.15 bits per heavy atom. The van der Waals surface area contributed by atoms with Crippen LogP contribution in [-0.2, 0) is 13.1 Å². The van der Waals surface area contributed by atoms with Crippen molar-refractivity contribution < 1.29 is 0 Å². The lowest BCUT2D eigenvalue weighted by Crippen LogP contribution is -2.13. The van der Waals surface area contributed by atoms with Crippen LogP contribution >= 0.6 is 0 Å². The molecule has 13 heavy (non-hydrogen) atoms. The maximum Gasteiger partial charge on any atom is 0.0534 e.